The first-order chi connectivity index (χ1) is 12.6. The molecule has 0 saturated heterocycles. The molecule has 0 aromatic carbocycles. The number of amides is 1. The minimum Gasteiger partial charge on any atom is -0.462 e. The zero-order chi connectivity index (χ0) is 18.9. The van der Waals surface area contributed by atoms with E-state index in [4.69, 9.17) is 9.94 Å². The lowest BCUT2D eigenvalue weighted by atomic mass is 10.0. The third-order valence-electron chi connectivity index (χ3n) is 4.46. The summed E-state index contributed by atoms with van der Waals surface area (Å²) in [5.74, 6) is -0.792. The van der Waals surface area contributed by atoms with Crippen LogP contribution in [0.5, 0.6) is 0 Å². The van der Waals surface area contributed by atoms with Crippen molar-refractivity contribution in [1.82, 2.24) is 5.48 Å². The average Bonchev–Trinajstić information content (AvgIpc) is 2.85. The van der Waals surface area contributed by atoms with Gasteiger partial charge < -0.3 is 4.74 Å². The topological polar surface area (TPSA) is 75.6 Å². The number of carbonyl (C=O) groups excluding carboxylic acids is 2. The molecule has 0 atom stereocenters. The van der Waals surface area contributed by atoms with Gasteiger partial charge in [0.15, 0.2) is 0 Å². The molecule has 0 saturated carbocycles. The van der Waals surface area contributed by atoms with Crippen molar-refractivity contribution in [1.29, 1.82) is 0 Å². The van der Waals surface area contributed by atoms with Crippen molar-refractivity contribution in [2.75, 3.05) is 6.61 Å². The summed E-state index contributed by atoms with van der Waals surface area (Å²) in [5, 5.41) is 8.71. The lowest BCUT2D eigenvalue weighted by Crippen LogP contribution is -2.20. The van der Waals surface area contributed by atoms with Gasteiger partial charge in [0, 0.05) is 0 Å². The molecule has 0 aromatic heterocycles. The van der Waals surface area contributed by atoms with Gasteiger partial charge in [-0.25, -0.2) is 10.3 Å². The van der Waals surface area contributed by atoms with Gasteiger partial charge in [-0.3, -0.25) is 10.0 Å². The Kier molecular flexibility index (Phi) is 7.60. The molecular weight excluding hydrogens is 330 g/mol. The molecule has 0 heterocycles. The number of esters is 1. The molecule has 2 aliphatic rings. The zero-order valence-electron chi connectivity index (χ0n) is 15.5. The second-order valence-electron chi connectivity index (χ2n) is 6.40. The van der Waals surface area contributed by atoms with Gasteiger partial charge in [0.25, 0.3) is 0 Å². The Bertz CT molecular complexity index is 726. The number of unbranched alkanes of at least 4 members (excludes halogenated alkanes) is 3. The van der Waals surface area contributed by atoms with Crippen molar-refractivity contribution >= 4 is 11.9 Å². The molecule has 0 bridgehead atoms. The third-order valence-corrected chi connectivity index (χ3v) is 4.46. The molecule has 26 heavy (non-hydrogen) atoms. The number of rotatable bonds is 9. The van der Waals surface area contributed by atoms with E-state index in [1.807, 2.05) is 24.3 Å². The molecule has 0 aliphatic heterocycles. The van der Waals surface area contributed by atoms with Crippen molar-refractivity contribution in [2.45, 2.75) is 52.4 Å². The van der Waals surface area contributed by atoms with E-state index in [9.17, 15) is 9.59 Å². The molecule has 0 spiro atoms. The highest BCUT2D eigenvalue weighted by molar-refractivity contribution is 6.00. The maximum absolute atomic E-state index is 12.3. The molecule has 0 unspecified atom stereocenters. The first-order valence-corrected chi connectivity index (χ1v) is 9.25. The van der Waals surface area contributed by atoms with Crippen molar-refractivity contribution < 1.29 is 19.5 Å². The summed E-state index contributed by atoms with van der Waals surface area (Å²) in [6, 6.07) is 9.42. The summed E-state index contributed by atoms with van der Waals surface area (Å²) >= 11 is 0. The Morgan fingerprint density at radius 1 is 1.04 bits per heavy atom. The largest absolute Gasteiger partial charge is 0.462 e. The highest BCUT2D eigenvalue weighted by Gasteiger charge is 2.20. The summed E-state index contributed by atoms with van der Waals surface area (Å²) in [6.07, 6.45) is 5.62. The van der Waals surface area contributed by atoms with E-state index < -0.39 is 5.91 Å². The van der Waals surface area contributed by atoms with E-state index >= 15 is 0 Å². The predicted molar refractivity (Wildman–Crippen MR) is 100 cm³/mol. The van der Waals surface area contributed by atoms with Crippen LogP contribution in [-0.2, 0) is 22.4 Å². The standard InChI is InChI=1S/C21H27NO4/c1-3-5-6-7-8-16-14-19(21(24)26-4-2)18-12-10-15(9-11-17(16)18)13-20(23)22-25/h9-12,14,25H,3-8,13H2,1-2H3,(H,22,23). The Hall–Kier alpha value is -2.40. The lowest BCUT2D eigenvalue weighted by molar-refractivity contribution is -0.128. The Labute approximate surface area is 154 Å². The van der Waals surface area contributed by atoms with Crippen LogP contribution < -0.4 is 5.48 Å². The van der Waals surface area contributed by atoms with Crippen LogP contribution in [0.3, 0.4) is 0 Å². The third kappa shape index (κ3) is 5.05. The number of nitrogens with one attached hydrogen (secondary N) is 1. The molecule has 5 nitrogen and oxygen atoms in total. The van der Waals surface area contributed by atoms with Gasteiger partial charge in [-0.05, 0) is 48.1 Å². The molecule has 0 fully saturated rings. The Morgan fingerprint density at radius 3 is 2.42 bits per heavy atom. The minimum atomic E-state index is -0.471. The Balaban J connectivity index is 2.36. The van der Waals surface area contributed by atoms with E-state index in [0.29, 0.717) is 12.2 Å². The molecule has 140 valence electrons. The van der Waals surface area contributed by atoms with Gasteiger partial charge in [0.1, 0.15) is 0 Å². The number of fused-ring (bicyclic) bond motifs is 1. The van der Waals surface area contributed by atoms with E-state index in [1.54, 1.807) is 18.5 Å². The molecule has 1 amide bonds. The number of hydroxylamine groups is 1. The number of carbonyl (C=O) groups is 2. The van der Waals surface area contributed by atoms with E-state index in [0.717, 1.165) is 35.1 Å². The SMILES string of the molecule is CCCCCCc1cc(C(=O)OCC)c2ccc(CC(=O)NO)ccc1-2. The first-order valence-electron chi connectivity index (χ1n) is 9.25. The van der Waals surface area contributed by atoms with Crippen LogP contribution in [0, 0.1) is 0 Å². The maximum atomic E-state index is 12.3. The summed E-state index contributed by atoms with van der Waals surface area (Å²) in [7, 11) is 0. The predicted octanol–water partition coefficient (Wildman–Crippen LogP) is 4.14. The summed E-state index contributed by atoms with van der Waals surface area (Å²) in [5.41, 5.74) is 5.96. The highest BCUT2D eigenvalue weighted by atomic mass is 16.5. The van der Waals surface area contributed by atoms with Gasteiger partial charge in [-0.2, -0.15) is 0 Å². The van der Waals surface area contributed by atoms with Crippen LogP contribution in [0.25, 0.3) is 11.1 Å². The van der Waals surface area contributed by atoms with E-state index in [1.165, 1.54) is 19.3 Å². The monoisotopic (exact) mass is 357 g/mol. The van der Waals surface area contributed by atoms with Gasteiger partial charge in [-0.15, -0.1) is 0 Å². The number of aryl methyl sites for hydroxylation is 1. The molecular formula is C21H27NO4. The molecule has 0 radical (unpaired) electrons. The first kappa shape index (κ1) is 19.9. The molecule has 2 rings (SSSR count). The molecule has 0 aromatic rings. The van der Waals surface area contributed by atoms with Crippen LogP contribution in [0.2, 0.25) is 0 Å². The van der Waals surface area contributed by atoms with Crippen LogP contribution in [0.4, 0.5) is 0 Å². The van der Waals surface area contributed by atoms with Crippen molar-refractivity contribution in [3.8, 4) is 11.1 Å². The number of ether oxygens (including phenoxy) is 1. The van der Waals surface area contributed by atoms with E-state index in [-0.39, 0.29) is 12.4 Å². The maximum Gasteiger partial charge on any atom is 0.338 e. The van der Waals surface area contributed by atoms with Crippen LogP contribution in [0.1, 0.15) is 61.0 Å². The van der Waals surface area contributed by atoms with Gasteiger partial charge >= 0.3 is 5.97 Å². The molecule has 5 heteroatoms. The van der Waals surface area contributed by atoms with Crippen LogP contribution >= 0.6 is 0 Å². The summed E-state index contributed by atoms with van der Waals surface area (Å²) in [4.78, 5) is 23.7. The average molecular weight is 357 g/mol. The van der Waals surface area contributed by atoms with Gasteiger partial charge in [0.05, 0.1) is 18.6 Å². The second-order valence-corrected chi connectivity index (χ2v) is 6.40. The minimum absolute atomic E-state index is 0.0777. The Morgan fingerprint density at radius 2 is 1.77 bits per heavy atom. The normalized spacial score (nSPS) is 10.7. The summed E-state index contributed by atoms with van der Waals surface area (Å²) < 4.78 is 5.20. The lowest BCUT2D eigenvalue weighted by Gasteiger charge is -2.02. The molecule has 2 N–H and O–H groups in total. The summed E-state index contributed by atoms with van der Waals surface area (Å²) in [6.45, 7) is 4.30. The van der Waals surface area contributed by atoms with E-state index in [2.05, 4.69) is 6.92 Å². The van der Waals surface area contributed by atoms with Crippen molar-refractivity contribution in [2.24, 2.45) is 0 Å². The fraction of sp³-hybridized carbons (Fsp3) is 0.429. The van der Waals surface area contributed by atoms with Gasteiger partial charge in [-0.1, -0.05) is 50.5 Å². The van der Waals surface area contributed by atoms with Crippen LogP contribution in [-0.4, -0.2) is 23.7 Å². The number of hydrogen-bond acceptors (Lipinski definition) is 4. The second kappa shape index (κ2) is 9.92. The van der Waals surface area contributed by atoms with Gasteiger partial charge in [0.2, 0.25) is 5.91 Å². The quantitative estimate of drug-likeness (QED) is 0.306. The molecule has 2 aliphatic carbocycles. The van der Waals surface area contributed by atoms with Crippen molar-refractivity contribution in [3.63, 3.8) is 0 Å². The highest BCUT2D eigenvalue weighted by Crippen LogP contribution is 2.34. The smallest absolute Gasteiger partial charge is 0.338 e. The zero-order valence-corrected chi connectivity index (χ0v) is 15.5. The fourth-order valence-electron chi connectivity index (χ4n) is 3.13. The van der Waals surface area contributed by atoms with Crippen LogP contribution in [0.15, 0.2) is 30.3 Å². The number of hydrogen-bond donors (Lipinski definition) is 2. The van der Waals surface area contributed by atoms with Crippen molar-refractivity contribution in [3.05, 3.63) is 47.0 Å². The fourth-order valence-corrected chi connectivity index (χ4v) is 3.13.